The third-order valence-electron chi connectivity index (χ3n) is 3.09. The van der Waals surface area contributed by atoms with E-state index in [9.17, 15) is 0 Å². The zero-order valence-corrected chi connectivity index (χ0v) is 14.2. The highest BCUT2D eigenvalue weighted by Gasteiger charge is 2.04. The number of hydrogen-bond acceptors (Lipinski definition) is 2. The normalized spacial score (nSPS) is 14.0. The van der Waals surface area contributed by atoms with Gasteiger partial charge in [-0.3, -0.25) is 0 Å². The Labute approximate surface area is 135 Å². The molecule has 0 N–H and O–H groups in total. The Morgan fingerprint density at radius 2 is 1.86 bits per heavy atom. The molecule has 2 heteroatoms. The van der Waals surface area contributed by atoms with Crippen molar-refractivity contribution < 1.29 is 9.47 Å². The van der Waals surface area contributed by atoms with E-state index in [1.54, 1.807) is 0 Å². The summed E-state index contributed by atoms with van der Waals surface area (Å²) in [5.74, 6) is 0.833. The van der Waals surface area contributed by atoms with Gasteiger partial charge in [-0.15, -0.1) is 0 Å². The first-order valence-electron chi connectivity index (χ1n) is 7.84. The van der Waals surface area contributed by atoms with Gasteiger partial charge in [0.15, 0.2) is 0 Å². The fraction of sp³-hybridized carbons (Fsp3) is 0.400. The molecule has 0 bridgehead atoms. The lowest BCUT2D eigenvalue weighted by Gasteiger charge is -2.14. The highest BCUT2D eigenvalue weighted by Crippen LogP contribution is 2.10. The Morgan fingerprint density at radius 3 is 2.45 bits per heavy atom. The molecule has 0 saturated heterocycles. The molecule has 2 nitrogen and oxygen atoms in total. The van der Waals surface area contributed by atoms with Gasteiger partial charge < -0.3 is 9.47 Å². The van der Waals surface area contributed by atoms with Gasteiger partial charge in [-0.25, -0.2) is 0 Å². The van der Waals surface area contributed by atoms with Gasteiger partial charge in [0.2, 0.25) is 0 Å². The smallest absolute Gasteiger partial charge is 0.118 e. The minimum Gasteiger partial charge on any atom is -0.491 e. The molecule has 1 aromatic rings. The Balaban J connectivity index is 2.53. The highest BCUT2D eigenvalue weighted by molar-refractivity contribution is 5.24. The summed E-state index contributed by atoms with van der Waals surface area (Å²) >= 11 is 0. The SMILES string of the molecule is C=C/C(C)=C\C(=C/COC(C)Cc1ccccc1)OC(C)C. The third kappa shape index (κ3) is 7.84. The van der Waals surface area contributed by atoms with Gasteiger partial charge in [-0.1, -0.05) is 43.0 Å². The fourth-order valence-electron chi connectivity index (χ4n) is 2.00. The molecule has 0 aliphatic rings. The number of ether oxygens (including phenoxy) is 2. The van der Waals surface area contributed by atoms with Crippen LogP contribution in [0.4, 0.5) is 0 Å². The molecule has 0 aliphatic heterocycles. The molecule has 0 radical (unpaired) electrons. The molecular formula is C20H28O2. The van der Waals surface area contributed by atoms with E-state index >= 15 is 0 Å². The van der Waals surface area contributed by atoms with E-state index in [1.165, 1.54) is 5.56 Å². The van der Waals surface area contributed by atoms with E-state index < -0.39 is 0 Å². The average molecular weight is 300 g/mol. The molecule has 0 aromatic heterocycles. The van der Waals surface area contributed by atoms with Gasteiger partial charge in [0.05, 0.1) is 18.8 Å². The summed E-state index contributed by atoms with van der Waals surface area (Å²) in [6, 6.07) is 10.4. The molecule has 0 heterocycles. The lowest BCUT2D eigenvalue weighted by atomic mass is 10.1. The second-order valence-electron chi connectivity index (χ2n) is 5.70. The Morgan fingerprint density at radius 1 is 1.18 bits per heavy atom. The maximum Gasteiger partial charge on any atom is 0.118 e. The Bertz CT molecular complexity index is 498. The predicted molar refractivity (Wildman–Crippen MR) is 93.8 cm³/mol. The summed E-state index contributed by atoms with van der Waals surface area (Å²) in [5, 5.41) is 0. The summed E-state index contributed by atoms with van der Waals surface area (Å²) in [6.45, 7) is 12.4. The molecule has 1 rings (SSSR count). The average Bonchev–Trinajstić information content (AvgIpc) is 2.47. The Hall–Kier alpha value is -1.80. The van der Waals surface area contributed by atoms with Gasteiger partial charge in [0.25, 0.3) is 0 Å². The van der Waals surface area contributed by atoms with Gasteiger partial charge in [0, 0.05) is 0 Å². The number of allylic oxidation sites excluding steroid dienone is 3. The zero-order chi connectivity index (χ0) is 16.4. The second kappa shape index (κ2) is 10.0. The van der Waals surface area contributed by atoms with E-state index in [1.807, 2.05) is 45.1 Å². The van der Waals surface area contributed by atoms with Crippen molar-refractivity contribution in [2.45, 2.75) is 46.3 Å². The summed E-state index contributed by atoms with van der Waals surface area (Å²) in [7, 11) is 0. The van der Waals surface area contributed by atoms with E-state index in [0.717, 1.165) is 17.8 Å². The molecule has 1 unspecified atom stereocenters. The predicted octanol–water partition coefficient (Wildman–Crippen LogP) is 5.08. The van der Waals surface area contributed by atoms with E-state index in [2.05, 4.69) is 37.8 Å². The minimum absolute atomic E-state index is 0.141. The zero-order valence-electron chi connectivity index (χ0n) is 14.2. The van der Waals surface area contributed by atoms with Crippen LogP contribution in [0.25, 0.3) is 0 Å². The van der Waals surface area contributed by atoms with Crippen molar-refractivity contribution in [3.05, 3.63) is 72.0 Å². The number of rotatable bonds is 9. The first kappa shape index (κ1) is 18.2. The molecule has 120 valence electrons. The maximum atomic E-state index is 5.86. The Kier molecular flexibility index (Phi) is 8.31. The van der Waals surface area contributed by atoms with Crippen LogP contribution in [0.15, 0.2) is 66.5 Å². The molecule has 0 spiro atoms. The van der Waals surface area contributed by atoms with Crippen molar-refractivity contribution in [2.24, 2.45) is 0 Å². The number of benzene rings is 1. The van der Waals surface area contributed by atoms with Crippen molar-refractivity contribution in [1.82, 2.24) is 0 Å². The third-order valence-corrected chi connectivity index (χ3v) is 3.09. The number of hydrogen-bond donors (Lipinski definition) is 0. The largest absolute Gasteiger partial charge is 0.491 e. The van der Waals surface area contributed by atoms with Crippen molar-refractivity contribution in [2.75, 3.05) is 6.61 Å². The van der Waals surface area contributed by atoms with Crippen molar-refractivity contribution >= 4 is 0 Å². The second-order valence-corrected chi connectivity index (χ2v) is 5.70. The molecule has 22 heavy (non-hydrogen) atoms. The maximum absolute atomic E-state index is 5.86. The van der Waals surface area contributed by atoms with E-state index in [4.69, 9.17) is 9.47 Å². The van der Waals surface area contributed by atoms with Crippen LogP contribution in [0.3, 0.4) is 0 Å². The van der Waals surface area contributed by atoms with Crippen LogP contribution >= 0.6 is 0 Å². The van der Waals surface area contributed by atoms with Crippen LogP contribution < -0.4 is 0 Å². The quantitative estimate of drug-likeness (QED) is 0.468. The van der Waals surface area contributed by atoms with Gasteiger partial charge >= 0.3 is 0 Å². The standard InChI is InChI=1S/C20H28O2/c1-6-17(4)14-20(22-16(2)3)12-13-21-18(5)15-19-10-8-7-9-11-19/h6-12,14,16,18H,1,13,15H2,2-5H3/b17-14-,20-12+. The van der Waals surface area contributed by atoms with Gasteiger partial charge in [0.1, 0.15) is 5.76 Å². The van der Waals surface area contributed by atoms with Crippen molar-refractivity contribution in [1.29, 1.82) is 0 Å². The lowest BCUT2D eigenvalue weighted by Crippen LogP contribution is -2.12. The molecule has 1 aromatic carbocycles. The summed E-state index contributed by atoms with van der Waals surface area (Å²) < 4.78 is 11.6. The molecule has 0 fully saturated rings. The van der Waals surface area contributed by atoms with Gasteiger partial charge in [-0.05, 0) is 57.4 Å². The van der Waals surface area contributed by atoms with Gasteiger partial charge in [-0.2, -0.15) is 0 Å². The van der Waals surface area contributed by atoms with Crippen molar-refractivity contribution in [3.8, 4) is 0 Å². The first-order valence-corrected chi connectivity index (χ1v) is 7.84. The molecule has 0 amide bonds. The highest BCUT2D eigenvalue weighted by atomic mass is 16.5. The first-order chi connectivity index (χ1) is 10.5. The van der Waals surface area contributed by atoms with E-state index in [-0.39, 0.29) is 12.2 Å². The lowest BCUT2D eigenvalue weighted by molar-refractivity contribution is 0.0844. The fourth-order valence-corrected chi connectivity index (χ4v) is 2.00. The van der Waals surface area contributed by atoms with Crippen LogP contribution in [0.1, 0.15) is 33.3 Å². The van der Waals surface area contributed by atoms with Crippen LogP contribution in [-0.2, 0) is 15.9 Å². The summed E-state index contributed by atoms with van der Waals surface area (Å²) in [5.41, 5.74) is 2.37. The molecule has 1 atom stereocenters. The van der Waals surface area contributed by atoms with Crippen LogP contribution in [0.5, 0.6) is 0 Å². The van der Waals surface area contributed by atoms with Crippen LogP contribution in [0.2, 0.25) is 0 Å². The molecular weight excluding hydrogens is 272 g/mol. The summed E-state index contributed by atoms with van der Waals surface area (Å²) in [4.78, 5) is 0. The van der Waals surface area contributed by atoms with E-state index in [0.29, 0.717) is 6.61 Å². The van der Waals surface area contributed by atoms with Crippen LogP contribution in [-0.4, -0.2) is 18.8 Å². The molecule has 0 aliphatic carbocycles. The molecule has 0 saturated carbocycles. The summed E-state index contributed by atoms with van der Waals surface area (Å²) in [6.07, 6.45) is 7.00. The monoisotopic (exact) mass is 300 g/mol. The van der Waals surface area contributed by atoms with Crippen LogP contribution in [0, 0.1) is 0 Å². The topological polar surface area (TPSA) is 18.5 Å². The van der Waals surface area contributed by atoms with Crippen molar-refractivity contribution in [3.63, 3.8) is 0 Å². The minimum atomic E-state index is 0.141.